The van der Waals surface area contributed by atoms with Crippen LogP contribution in [0.5, 0.6) is 0 Å². The van der Waals surface area contributed by atoms with E-state index in [1.807, 2.05) is 0 Å². The highest BCUT2D eigenvalue weighted by molar-refractivity contribution is 5.81. The molecule has 0 radical (unpaired) electrons. The normalized spacial score (nSPS) is 19.5. The zero-order chi connectivity index (χ0) is 12.9. The minimum Gasteiger partial charge on any atom is -0.330 e. The third-order valence-electron chi connectivity index (χ3n) is 4.29. The van der Waals surface area contributed by atoms with Gasteiger partial charge in [0.15, 0.2) is 0 Å². The lowest BCUT2D eigenvalue weighted by molar-refractivity contribution is -0.123. The number of nitrogens with two attached hydrogens (primary N) is 1. The third-order valence-corrected chi connectivity index (χ3v) is 4.29. The Morgan fingerprint density at radius 1 is 1.24 bits per heavy atom. The molecule has 0 spiro atoms. The number of hydrogen-bond donors (Lipinski definition) is 1. The molecule has 1 unspecified atom stereocenters. The Morgan fingerprint density at radius 3 is 2.29 bits per heavy atom. The maximum atomic E-state index is 12.0. The fourth-order valence-corrected chi connectivity index (χ4v) is 2.98. The van der Waals surface area contributed by atoms with E-state index in [-0.39, 0.29) is 5.41 Å². The second-order valence-electron chi connectivity index (χ2n) is 6.63. The maximum Gasteiger partial charge on any atom is 0.135 e. The summed E-state index contributed by atoms with van der Waals surface area (Å²) in [6.07, 6.45) is 7.61. The zero-order valence-corrected chi connectivity index (χ0v) is 11.8. The van der Waals surface area contributed by atoms with E-state index in [9.17, 15) is 4.79 Å². The first-order chi connectivity index (χ1) is 7.95. The first-order valence-corrected chi connectivity index (χ1v) is 7.18. The number of Topliss-reactive ketones (excluding diaryl/α,β-unsaturated/α-hetero) is 1. The van der Waals surface area contributed by atoms with E-state index in [4.69, 9.17) is 5.73 Å². The molecule has 17 heavy (non-hydrogen) atoms. The van der Waals surface area contributed by atoms with Crippen molar-refractivity contribution in [1.29, 1.82) is 0 Å². The zero-order valence-electron chi connectivity index (χ0n) is 11.8. The second kappa shape index (κ2) is 6.53. The van der Waals surface area contributed by atoms with Crippen LogP contribution in [0, 0.1) is 17.3 Å². The van der Waals surface area contributed by atoms with Crippen molar-refractivity contribution in [2.75, 3.05) is 6.54 Å². The summed E-state index contributed by atoms with van der Waals surface area (Å²) in [7, 11) is 0. The molecule has 0 aromatic rings. The summed E-state index contributed by atoms with van der Waals surface area (Å²) in [5.41, 5.74) is 5.94. The first kappa shape index (κ1) is 14.7. The smallest absolute Gasteiger partial charge is 0.135 e. The van der Waals surface area contributed by atoms with Gasteiger partial charge < -0.3 is 5.73 Å². The van der Waals surface area contributed by atoms with Crippen molar-refractivity contribution in [3.63, 3.8) is 0 Å². The van der Waals surface area contributed by atoms with Gasteiger partial charge in [0.1, 0.15) is 5.78 Å². The van der Waals surface area contributed by atoms with Crippen LogP contribution in [-0.4, -0.2) is 12.3 Å². The van der Waals surface area contributed by atoms with Gasteiger partial charge in [0.2, 0.25) is 0 Å². The van der Waals surface area contributed by atoms with Crippen molar-refractivity contribution in [3.8, 4) is 0 Å². The molecule has 1 fully saturated rings. The molecule has 1 atom stereocenters. The van der Waals surface area contributed by atoms with Crippen molar-refractivity contribution in [2.24, 2.45) is 23.0 Å². The van der Waals surface area contributed by atoms with Crippen molar-refractivity contribution in [2.45, 2.75) is 65.7 Å². The number of rotatable bonds is 6. The maximum absolute atomic E-state index is 12.0. The van der Waals surface area contributed by atoms with E-state index in [0.717, 1.165) is 38.6 Å². The fraction of sp³-hybridized carbons (Fsp3) is 0.933. The van der Waals surface area contributed by atoms with Crippen LogP contribution in [-0.2, 0) is 4.79 Å². The van der Waals surface area contributed by atoms with Crippen LogP contribution in [0.1, 0.15) is 65.7 Å². The Morgan fingerprint density at radius 2 is 1.82 bits per heavy atom. The summed E-state index contributed by atoms with van der Waals surface area (Å²) in [6, 6.07) is 0. The largest absolute Gasteiger partial charge is 0.330 e. The van der Waals surface area contributed by atoms with Gasteiger partial charge in [-0.25, -0.2) is 0 Å². The van der Waals surface area contributed by atoms with Crippen molar-refractivity contribution >= 4 is 5.78 Å². The second-order valence-corrected chi connectivity index (χ2v) is 6.63. The van der Waals surface area contributed by atoms with Gasteiger partial charge in [-0.15, -0.1) is 0 Å². The molecule has 0 aromatic heterocycles. The van der Waals surface area contributed by atoms with E-state index >= 15 is 0 Å². The predicted molar refractivity (Wildman–Crippen MR) is 72.8 cm³/mol. The molecule has 0 aromatic carbocycles. The Labute approximate surface area is 106 Å². The van der Waals surface area contributed by atoms with Crippen LogP contribution < -0.4 is 5.73 Å². The molecule has 1 rings (SSSR count). The molecule has 2 nitrogen and oxygen atoms in total. The number of ketones is 1. The van der Waals surface area contributed by atoms with E-state index in [2.05, 4.69) is 20.8 Å². The fourth-order valence-electron chi connectivity index (χ4n) is 2.98. The summed E-state index contributed by atoms with van der Waals surface area (Å²) in [6.45, 7) is 7.51. The van der Waals surface area contributed by atoms with Crippen molar-refractivity contribution < 1.29 is 4.79 Å². The molecule has 2 heteroatoms. The lowest BCUT2D eigenvalue weighted by Crippen LogP contribution is -2.25. The third kappa shape index (κ3) is 4.79. The highest BCUT2D eigenvalue weighted by atomic mass is 16.1. The topological polar surface area (TPSA) is 43.1 Å². The molecule has 0 aliphatic heterocycles. The molecule has 1 aliphatic carbocycles. The Bertz CT molecular complexity index is 236. The number of hydrogen-bond acceptors (Lipinski definition) is 2. The summed E-state index contributed by atoms with van der Waals surface area (Å²) in [5, 5.41) is 0. The van der Waals surface area contributed by atoms with Crippen LogP contribution in [0.2, 0.25) is 0 Å². The molecule has 1 aliphatic rings. The van der Waals surface area contributed by atoms with E-state index < -0.39 is 0 Å². The summed E-state index contributed by atoms with van der Waals surface area (Å²) in [5.74, 6) is 1.47. The highest BCUT2D eigenvalue weighted by Crippen LogP contribution is 2.34. The first-order valence-electron chi connectivity index (χ1n) is 7.18. The van der Waals surface area contributed by atoms with Crippen LogP contribution in [0.25, 0.3) is 0 Å². The minimum absolute atomic E-state index is 0.273. The average Bonchev–Trinajstić information content (AvgIpc) is 2.75. The Hall–Kier alpha value is -0.370. The average molecular weight is 239 g/mol. The molecule has 1 saturated carbocycles. The van der Waals surface area contributed by atoms with Gasteiger partial charge >= 0.3 is 0 Å². The summed E-state index contributed by atoms with van der Waals surface area (Å²) < 4.78 is 0. The summed E-state index contributed by atoms with van der Waals surface area (Å²) >= 11 is 0. The number of carbonyl (C=O) groups excluding carboxylic acids is 1. The van der Waals surface area contributed by atoms with Crippen LogP contribution in [0.15, 0.2) is 0 Å². The molecule has 2 N–H and O–H groups in total. The quantitative estimate of drug-likeness (QED) is 0.770. The van der Waals surface area contributed by atoms with Gasteiger partial charge in [-0.2, -0.15) is 0 Å². The van der Waals surface area contributed by atoms with Gasteiger partial charge in [0.05, 0.1) is 0 Å². The molecular weight excluding hydrogens is 210 g/mol. The SMILES string of the molecule is CC(C)(C)C(CCN)CCC(=O)C1CCCC1. The molecule has 0 bridgehead atoms. The van der Waals surface area contributed by atoms with Crippen LogP contribution in [0.4, 0.5) is 0 Å². The highest BCUT2D eigenvalue weighted by Gasteiger charge is 2.27. The van der Waals surface area contributed by atoms with Crippen LogP contribution >= 0.6 is 0 Å². The molecule has 0 saturated heterocycles. The number of carbonyl (C=O) groups is 1. The molecule has 0 amide bonds. The molecular formula is C15H29NO. The van der Waals surface area contributed by atoms with E-state index in [1.54, 1.807) is 0 Å². The minimum atomic E-state index is 0.273. The van der Waals surface area contributed by atoms with Gasteiger partial charge in [0.25, 0.3) is 0 Å². The predicted octanol–water partition coefficient (Wildman–Crippen LogP) is 3.54. The summed E-state index contributed by atoms with van der Waals surface area (Å²) in [4.78, 5) is 12.0. The van der Waals surface area contributed by atoms with E-state index in [1.165, 1.54) is 12.8 Å². The molecule has 100 valence electrons. The van der Waals surface area contributed by atoms with Gasteiger partial charge in [0, 0.05) is 12.3 Å². The molecule has 0 heterocycles. The van der Waals surface area contributed by atoms with Gasteiger partial charge in [-0.1, -0.05) is 33.6 Å². The standard InChI is InChI=1S/C15H29NO/c1-15(2,3)13(10-11-16)8-9-14(17)12-6-4-5-7-12/h12-13H,4-11,16H2,1-3H3. The Kier molecular flexibility index (Phi) is 5.64. The lowest BCUT2D eigenvalue weighted by Gasteiger charge is -2.30. The van der Waals surface area contributed by atoms with Crippen molar-refractivity contribution in [1.82, 2.24) is 0 Å². The van der Waals surface area contributed by atoms with Gasteiger partial charge in [-0.05, 0) is 43.6 Å². The van der Waals surface area contributed by atoms with Gasteiger partial charge in [-0.3, -0.25) is 4.79 Å². The van der Waals surface area contributed by atoms with Crippen LogP contribution in [0.3, 0.4) is 0 Å². The van der Waals surface area contributed by atoms with Crippen molar-refractivity contribution in [3.05, 3.63) is 0 Å². The monoisotopic (exact) mass is 239 g/mol. The van der Waals surface area contributed by atoms with E-state index in [0.29, 0.717) is 17.6 Å². The lowest BCUT2D eigenvalue weighted by atomic mass is 9.75. The Balaban J connectivity index is 2.37.